The van der Waals surface area contributed by atoms with E-state index < -0.39 is 5.97 Å². The number of halogens is 1. The molecule has 0 fully saturated rings. The highest BCUT2D eigenvalue weighted by Gasteiger charge is 2.13. The van der Waals surface area contributed by atoms with Crippen LogP contribution in [-0.4, -0.2) is 28.6 Å². The van der Waals surface area contributed by atoms with Gasteiger partial charge in [0.25, 0.3) is 0 Å². The van der Waals surface area contributed by atoms with Crippen LogP contribution in [-0.2, 0) is 16.0 Å². The number of carboxylic acids is 1. The molecule has 2 amide bonds. The first-order valence-electron chi connectivity index (χ1n) is 9.30. The molecule has 0 saturated heterocycles. The molecule has 3 aromatic rings. The Kier molecular flexibility index (Phi) is 7.70. The highest BCUT2D eigenvalue weighted by molar-refractivity contribution is 8.00. The second-order valence-electron chi connectivity index (χ2n) is 6.57. The molecule has 0 radical (unpaired) electrons. The predicted molar refractivity (Wildman–Crippen MR) is 123 cm³/mol. The van der Waals surface area contributed by atoms with Crippen LogP contribution in [0.3, 0.4) is 0 Å². The minimum absolute atomic E-state index is 0.0293. The highest BCUT2D eigenvalue weighted by Crippen LogP contribution is 2.23. The molecule has 0 spiro atoms. The summed E-state index contributed by atoms with van der Waals surface area (Å²) in [6.45, 7) is 0. The SMILES string of the molecule is O=C(Cc1ccccc1)Nc1ccc(SCC(=O)Nc2cc(Cl)ccc2C(=O)O)cc1. The number of aromatic carboxylic acids is 1. The number of hydrogen-bond donors (Lipinski definition) is 3. The summed E-state index contributed by atoms with van der Waals surface area (Å²) in [6, 6.07) is 20.8. The number of benzene rings is 3. The molecule has 3 rings (SSSR count). The van der Waals surface area contributed by atoms with Crippen molar-refractivity contribution in [3.8, 4) is 0 Å². The van der Waals surface area contributed by atoms with Crippen LogP contribution in [0, 0.1) is 0 Å². The van der Waals surface area contributed by atoms with E-state index in [9.17, 15) is 19.5 Å². The molecule has 0 unspecified atom stereocenters. The van der Waals surface area contributed by atoms with Gasteiger partial charge < -0.3 is 15.7 Å². The number of thioether (sulfide) groups is 1. The van der Waals surface area contributed by atoms with Gasteiger partial charge in [0.2, 0.25) is 11.8 Å². The Morgan fingerprint density at radius 2 is 1.58 bits per heavy atom. The lowest BCUT2D eigenvalue weighted by Crippen LogP contribution is -2.16. The molecule has 31 heavy (non-hydrogen) atoms. The van der Waals surface area contributed by atoms with E-state index in [1.807, 2.05) is 30.3 Å². The lowest BCUT2D eigenvalue weighted by molar-refractivity contribution is -0.115. The summed E-state index contributed by atoms with van der Waals surface area (Å²) in [5, 5.41) is 15.0. The zero-order valence-electron chi connectivity index (χ0n) is 16.3. The highest BCUT2D eigenvalue weighted by atomic mass is 35.5. The molecule has 0 saturated carbocycles. The molecule has 0 aromatic heterocycles. The molecule has 3 N–H and O–H groups in total. The third-order valence-electron chi connectivity index (χ3n) is 4.20. The normalized spacial score (nSPS) is 10.4. The third-order valence-corrected chi connectivity index (χ3v) is 5.45. The third kappa shape index (κ3) is 6.87. The number of carbonyl (C=O) groups is 3. The van der Waals surface area contributed by atoms with Crippen LogP contribution in [0.2, 0.25) is 5.02 Å². The van der Waals surface area contributed by atoms with Crippen molar-refractivity contribution in [1.82, 2.24) is 0 Å². The van der Waals surface area contributed by atoms with E-state index in [0.29, 0.717) is 17.1 Å². The number of anilines is 2. The van der Waals surface area contributed by atoms with Crippen molar-refractivity contribution in [3.63, 3.8) is 0 Å². The zero-order valence-corrected chi connectivity index (χ0v) is 17.9. The van der Waals surface area contributed by atoms with Crippen LogP contribution in [0.4, 0.5) is 11.4 Å². The summed E-state index contributed by atoms with van der Waals surface area (Å²) in [5.74, 6) is -1.52. The minimum atomic E-state index is -1.15. The van der Waals surface area contributed by atoms with Gasteiger partial charge in [-0.15, -0.1) is 11.8 Å². The van der Waals surface area contributed by atoms with Crippen LogP contribution < -0.4 is 10.6 Å². The summed E-state index contributed by atoms with van der Waals surface area (Å²) in [5.41, 5.74) is 1.73. The van der Waals surface area contributed by atoms with E-state index in [1.165, 1.54) is 30.0 Å². The topological polar surface area (TPSA) is 95.5 Å². The van der Waals surface area contributed by atoms with E-state index in [0.717, 1.165) is 10.5 Å². The minimum Gasteiger partial charge on any atom is -0.478 e. The smallest absolute Gasteiger partial charge is 0.337 e. The molecule has 0 heterocycles. The van der Waals surface area contributed by atoms with E-state index in [-0.39, 0.29) is 28.8 Å². The average molecular weight is 455 g/mol. The lowest BCUT2D eigenvalue weighted by Gasteiger charge is -2.09. The van der Waals surface area contributed by atoms with Crippen molar-refractivity contribution in [3.05, 3.63) is 88.9 Å². The van der Waals surface area contributed by atoms with Crippen LogP contribution in [0.5, 0.6) is 0 Å². The number of rotatable bonds is 8. The van der Waals surface area contributed by atoms with Crippen molar-refractivity contribution >= 4 is 52.5 Å². The molecular formula is C23H19ClN2O4S. The Morgan fingerprint density at radius 3 is 2.26 bits per heavy atom. The van der Waals surface area contributed by atoms with Gasteiger partial charge in [-0.25, -0.2) is 4.79 Å². The zero-order chi connectivity index (χ0) is 22.2. The van der Waals surface area contributed by atoms with Gasteiger partial charge in [-0.1, -0.05) is 41.9 Å². The summed E-state index contributed by atoms with van der Waals surface area (Å²) in [7, 11) is 0. The summed E-state index contributed by atoms with van der Waals surface area (Å²) in [6.07, 6.45) is 0.291. The van der Waals surface area contributed by atoms with E-state index in [1.54, 1.807) is 24.3 Å². The molecule has 8 heteroatoms. The van der Waals surface area contributed by atoms with Crippen LogP contribution in [0.25, 0.3) is 0 Å². The Balaban J connectivity index is 1.51. The molecule has 0 aliphatic heterocycles. The fourth-order valence-corrected chi connectivity index (χ4v) is 3.63. The van der Waals surface area contributed by atoms with Crippen LogP contribution >= 0.6 is 23.4 Å². The maximum atomic E-state index is 12.2. The van der Waals surface area contributed by atoms with Gasteiger partial charge in [0.05, 0.1) is 23.4 Å². The predicted octanol–water partition coefficient (Wildman–Crippen LogP) is 4.95. The van der Waals surface area contributed by atoms with E-state index >= 15 is 0 Å². The van der Waals surface area contributed by atoms with Crippen molar-refractivity contribution in [2.24, 2.45) is 0 Å². The van der Waals surface area contributed by atoms with Gasteiger partial charge in [0, 0.05) is 15.6 Å². The van der Waals surface area contributed by atoms with Gasteiger partial charge in [-0.2, -0.15) is 0 Å². The van der Waals surface area contributed by atoms with Gasteiger partial charge in [0.1, 0.15) is 0 Å². The fraction of sp³-hybridized carbons (Fsp3) is 0.0870. The molecule has 0 bridgehead atoms. The maximum absolute atomic E-state index is 12.2. The summed E-state index contributed by atoms with van der Waals surface area (Å²) in [4.78, 5) is 36.5. The first kappa shape index (κ1) is 22.4. The number of amides is 2. The van der Waals surface area contributed by atoms with Crippen molar-refractivity contribution in [1.29, 1.82) is 0 Å². The molecule has 0 aliphatic carbocycles. The largest absolute Gasteiger partial charge is 0.478 e. The summed E-state index contributed by atoms with van der Waals surface area (Å²) >= 11 is 7.19. The van der Waals surface area contributed by atoms with Crippen LogP contribution in [0.15, 0.2) is 77.7 Å². The molecule has 6 nitrogen and oxygen atoms in total. The Hall–Kier alpha value is -3.29. The second-order valence-corrected chi connectivity index (χ2v) is 8.05. The molecule has 3 aromatic carbocycles. The van der Waals surface area contributed by atoms with Gasteiger partial charge >= 0.3 is 5.97 Å². The van der Waals surface area contributed by atoms with E-state index in [2.05, 4.69) is 10.6 Å². The van der Waals surface area contributed by atoms with Gasteiger partial charge in [-0.05, 0) is 48.0 Å². The molecule has 0 atom stereocenters. The summed E-state index contributed by atoms with van der Waals surface area (Å²) < 4.78 is 0. The monoisotopic (exact) mass is 454 g/mol. The van der Waals surface area contributed by atoms with Gasteiger partial charge in [-0.3, -0.25) is 9.59 Å². The van der Waals surface area contributed by atoms with Crippen molar-refractivity contribution in [2.75, 3.05) is 16.4 Å². The lowest BCUT2D eigenvalue weighted by atomic mass is 10.1. The Morgan fingerprint density at radius 1 is 0.871 bits per heavy atom. The van der Waals surface area contributed by atoms with Crippen LogP contribution in [0.1, 0.15) is 15.9 Å². The number of nitrogens with one attached hydrogen (secondary N) is 2. The van der Waals surface area contributed by atoms with Crippen molar-refractivity contribution < 1.29 is 19.5 Å². The standard InChI is InChI=1S/C23H19ClN2O4S/c24-16-6-11-19(23(29)30)20(13-16)26-22(28)14-31-18-9-7-17(8-10-18)25-21(27)12-15-4-2-1-3-5-15/h1-11,13H,12,14H2,(H,25,27)(H,26,28)(H,29,30). The second kappa shape index (κ2) is 10.7. The molecule has 158 valence electrons. The Labute approximate surface area is 188 Å². The maximum Gasteiger partial charge on any atom is 0.337 e. The quantitative estimate of drug-likeness (QED) is 0.418. The molecule has 0 aliphatic rings. The number of hydrogen-bond acceptors (Lipinski definition) is 4. The Bertz CT molecular complexity index is 1090. The average Bonchev–Trinajstić information content (AvgIpc) is 2.74. The number of carbonyl (C=O) groups excluding carboxylic acids is 2. The van der Waals surface area contributed by atoms with Gasteiger partial charge in [0.15, 0.2) is 0 Å². The first-order chi connectivity index (χ1) is 14.9. The fourth-order valence-electron chi connectivity index (χ4n) is 2.76. The number of carboxylic acid groups (broad SMARTS) is 1. The molecular weight excluding hydrogens is 436 g/mol. The first-order valence-corrected chi connectivity index (χ1v) is 10.7. The van der Waals surface area contributed by atoms with Crippen molar-refractivity contribution in [2.45, 2.75) is 11.3 Å². The van der Waals surface area contributed by atoms with E-state index in [4.69, 9.17) is 11.6 Å².